The van der Waals surface area contributed by atoms with E-state index in [4.69, 9.17) is 5.73 Å². The van der Waals surface area contributed by atoms with E-state index in [1.807, 2.05) is 0 Å². The molecule has 2 aromatic rings. The monoisotopic (exact) mass is 236 g/mol. The van der Waals surface area contributed by atoms with Crippen molar-refractivity contribution in [3.63, 3.8) is 0 Å². The van der Waals surface area contributed by atoms with Gasteiger partial charge in [0.1, 0.15) is 0 Å². The Bertz CT molecular complexity index is 328. The summed E-state index contributed by atoms with van der Waals surface area (Å²) in [6.45, 7) is 0.690. The van der Waals surface area contributed by atoms with Crippen molar-refractivity contribution < 1.29 is 0 Å². The molecule has 0 spiro atoms. The Kier molecular flexibility index (Phi) is 3.94. The summed E-state index contributed by atoms with van der Waals surface area (Å²) in [6, 6.07) is 8.54. The Labute approximate surface area is 98.6 Å². The molecule has 0 bridgehead atoms. The van der Waals surface area contributed by atoms with E-state index in [0.29, 0.717) is 6.54 Å². The van der Waals surface area contributed by atoms with Gasteiger partial charge in [0.2, 0.25) is 0 Å². The lowest BCUT2D eigenvalue weighted by Gasteiger charge is -2.11. The first kappa shape index (κ1) is 10.9. The second-order valence-electron chi connectivity index (χ2n) is 3.47. The molecule has 15 heavy (non-hydrogen) atoms. The zero-order valence-electron chi connectivity index (χ0n) is 8.48. The summed E-state index contributed by atoms with van der Waals surface area (Å²) in [6.07, 6.45) is 2.07. The van der Waals surface area contributed by atoms with Crippen LogP contribution in [0.2, 0.25) is 0 Å². The Balaban J connectivity index is 1.93. The zero-order chi connectivity index (χ0) is 10.5. The molecule has 1 radical (unpaired) electrons. The second-order valence-corrected chi connectivity index (χ2v) is 5.53. The minimum Gasteiger partial charge on any atom is -0.330 e. The molecule has 1 nitrogen and oxygen atoms in total. The second kappa shape index (κ2) is 5.45. The molecule has 0 aromatic carbocycles. The van der Waals surface area contributed by atoms with Gasteiger partial charge in [-0.3, -0.25) is 0 Å². The molecule has 0 aliphatic rings. The van der Waals surface area contributed by atoms with Crippen molar-refractivity contribution in [2.24, 2.45) is 5.73 Å². The van der Waals surface area contributed by atoms with Crippen LogP contribution in [-0.2, 0) is 12.8 Å². The Morgan fingerprint density at radius 2 is 1.53 bits per heavy atom. The maximum Gasteiger partial charge on any atom is 0.00515 e. The van der Waals surface area contributed by atoms with E-state index >= 15 is 0 Å². The number of nitrogens with two attached hydrogens (primary N) is 1. The van der Waals surface area contributed by atoms with Crippen LogP contribution in [0.4, 0.5) is 0 Å². The van der Waals surface area contributed by atoms with Crippen LogP contribution in [0.1, 0.15) is 9.75 Å². The number of thiophene rings is 2. The van der Waals surface area contributed by atoms with Gasteiger partial charge in [-0.25, -0.2) is 0 Å². The lowest BCUT2D eigenvalue weighted by molar-refractivity contribution is 0.818. The maximum atomic E-state index is 5.78. The molecule has 0 saturated carbocycles. The lowest BCUT2D eigenvalue weighted by atomic mass is 10.00. The molecule has 2 aromatic heterocycles. The summed E-state index contributed by atoms with van der Waals surface area (Å²) in [5.41, 5.74) is 5.78. The number of hydrogen-bond donors (Lipinski definition) is 1. The SMILES string of the molecule is NC[C](Cc1cccs1)Cc1cccs1. The third-order valence-electron chi connectivity index (χ3n) is 2.30. The maximum absolute atomic E-state index is 5.78. The van der Waals surface area contributed by atoms with Gasteiger partial charge in [0.25, 0.3) is 0 Å². The van der Waals surface area contributed by atoms with Crippen LogP contribution in [0, 0.1) is 5.92 Å². The van der Waals surface area contributed by atoms with Gasteiger partial charge in [0, 0.05) is 9.75 Å². The molecule has 0 atom stereocenters. The molecule has 0 unspecified atom stereocenters. The van der Waals surface area contributed by atoms with Crippen molar-refractivity contribution in [1.82, 2.24) is 0 Å². The first-order valence-corrected chi connectivity index (χ1v) is 6.73. The quantitative estimate of drug-likeness (QED) is 0.848. The summed E-state index contributed by atoms with van der Waals surface area (Å²) in [5, 5.41) is 4.24. The van der Waals surface area contributed by atoms with E-state index in [9.17, 15) is 0 Å². The average molecular weight is 236 g/mol. The predicted octanol–water partition coefficient (Wildman–Crippen LogP) is 3.13. The van der Waals surface area contributed by atoms with E-state index < -0.39 is 0 Å². The molecule has 0 aliphatic heterocycles. The van der Waals surface area contributed by atoms with Gasteiger partial charge in [-0.05, 0) is 48.2 Å². The molecule has 3 heteroatoms. The molecule has 0 fully saturated rings. The summed E-state index contributed by atoms with van der Waals surface area (Å²) in [7, 11) is 0. The van der Waals surface area contributed by atoms with Gasteiger partial charge in [-0.1, -0.05) is 12.1 Å². The van der Waals surface area contributed by atoms with Crippen LogP contribution in [-0.4, -0.2) is 6.54 Å². The summed E-state index contributed by atoms with van der Waals surface area (Å²) in [4.78, 5) is 2.82. The molecule has 2 N–H and O–H groups in total. The summed E-state index contributed by atoms with van der Waals surface area (Å²) in [5.74, 6) is 1.42. The normalized spacial score (nSPS) is 11.1. The van der Waals surface area contributed by atoms with Crippen LogP contribution in [0.15, 0.2) is 35.0 Å². The highest BCUT2D eigenvalue weighted by atomic mass is 32.1. The van der Waals surface area contributed by atoms with Crippen molar-refractivity contribution in [3.05, 3.63) is 50.7 Å². The van der Waals surface area contributed by atoms with Gasteiger partial charge in [0.15, 0.2) is 0 Å². The van der Waals surface area contributed by atoms with Crippen LogP contribution in [0.5, 0.6) is 0 Å². The summed E-state index contributed by atoms with van der Waals surface area (Å²) >= 11 is 3.61. The molecular formula is C12H14NS2. The highest BCUT2D eigenvalue weighted by Gasteiger charge is 2.10. The largest absolute Gasteiger partial charge is 0.330 e. The molecule has 0 saturated heterocycles. The van der Waals surface area contributed by atoms with Crippen molar-refractivity contribution >= 4 is 22.7 Å². The van der Waals surface area contributed by atoms with Gasteiger partial charge in [0.05, 0.1) is 0 Å². The van der Waals surface area contributed by atoms with Crippen molar-refractivity contribution in [1.29, 1.82) is 0 Å². The molecule has 0 amide bonds. The van der Waals surface area contributed by atoms with Crippen LogP contribution in [0.25, 0.3) is 0 Å². The first-order valence-electron chi connectivity index (χ1n) is 4.97. The third kappa shape index (κ3) is 3.16. The van der Waals surface area contributed by atoms with Gasteiger partial charge < -0.3 is 5.73 Å². The van der Waals surface area contributed by atoms with E-state index in [1.54, 1.807) is 22.7 Å². The van der Waals surface area contributed by atoms with Crippen LogP contribution < -0.4 is 5.73 Å². The fraction of sp³-hybridized carbons (Fsp3) is 0.250. The van der Waals surface area contributed by atoms with Crippen molar-refractivity contribution in [2.75, 3.05) is 6.54 Å². The average Bonchev–Trinajstić information content (AvgIpc) is 2.89. The predicted molar refractivity (Wildman–Crippen MR) is 68.3 cm³/mol. The van der Waals surface area contributed by atoms with E-state index in [0.717, 1.165) is 12.8 Å². The van der Waals surface area contributed by atoms with E-state index in [-0.39, 0.29) is 0 Å². The van der Waals surface area contributed by atoms with Crippen molar-refractivity contribution in [3.8, 4) is 0 Å². The Morgan fingerprint density at radius 1 is 1.00 bits per heavy atom. The highest BCUT2D eigenvalue weighted by molar-refractivity contribution is 7.10. The minimum absolute atomic E-state index is 0.690. The standard InChI is InChI=1S/C12H14NS2/c13-9-10(7-11-3-1-5-14-11)8-12-4-2-6-15-12/h1-6H,7-9,13H2. The fourth-order valence-electron chi connectivity index (χ4n) is 1.53. The molecular weight excluding hydrogens is 222 g/mol. The summed E-state index contributed by atoms with van der Waals surface area (Å²) < 4.78 is 0. The Morgan fingerprint density at radius 3 is 1.87 bits per heavy atom. The molecule has 2 heterocycles. The van der Waals surface area contributed by atoms with Crippen LogP contribution in [0.3, 0.4) is 0 Å². The number of hydrogen-bond acceptors (Lipinski definition) is 3. The van der Waals surface area contributed by atoms with E-state index in [1.165, 1.54) is 15.7 Å². The highest BCUT2D eigenvalue weighted by Crippen LogP contribution is 2.21. The molecule has 2 rings (SSSR count). The third-order valence-corrected chi connectivity index (χ3v) is 4.05. The topological polar surface area (TPSA) is 26.0 Å². The number of rotatable bonds is 5. The zero-order valence-corrected chi connectivity index (χ0v) is 10.1. The van der Waals surface area contributed by atoms with Gasteiger partial charge in [-0.15, -0.1) is 22.7 Å². The van der Waals surface area contributed by atoms with Gasteiger partial charge >= 0.3 is 0 Å². The van der Waals surface area contributed by atoms with E-state index in [2.05, 4.69) is 35.0 Å². The molecule has 79 valence electrons. The fourth-order valence-corrected chi connectivity index (χ4v) is 3.08. The lowest BCUT2D eigenvalue weighted by Crippen LogP contribution is -2.16. The first-order chi connectivity index (χ1) is 7.38. The van der Waals surface area contributed by atoms with Crippen LogP contribution >= 0.6 is 22.7 Å². The smallest absolute Gasteiger partial charge is 0.00515 e. The van der Waals surface area contributed by atoms with Crippen molar-refractivity contribution in [2.45, 2.75) is 12.8 Å². The molecule has 0 aliphatic carbocycles. The van der Waals surface area contributed by atoms with Gasteiger partial charge in [-0.2, -0.15) is 0 Å². The minimum atomic E-state index is 0.690. The Hall–Kier alpha value is -0.640.